The van der Waals surface area contributed by atoms with Gasteiger partial charge in [0.05, 0.1) is 17.3 Å². The Kier molecular flexibility index (Phi) is 4.87. The molecule has 4 N–H and O–H groups in total. The van der Waals surface area contributed by atoms with Crippen molar-refractivity contribution in [3.63, 3.8) is 0 Å². The standard InChI is InChI=1S/C10H10ClFN2O4/c11-5-2-1-3-6(8(5)12)14-10(18)13-4-7(15)9(16)17/h1-3,7,15H,4H2,(H,16,17)(H2,13,14,18)/t7-/m0/s1. The van der Waals surface area contributed by atoms with Crippen LogP contribution in [-0.2, 0) is 4.79 Å². The van der Waals surface area contributed by atoms with Crippen molar-refractivity contribution in [3.05, 3.63) is 29.0 Å². The summed E-state index contributed by atoms with van der Waals surface area (Å²) < 4.78 is 13.4. The Bertz CT molecular complexity index is 469. The highest BCUT2D eigenvalue weighted by Gasteiger charge is 2.15. The summed E-state index contributed by atoms with van der Waals surface area (Å²) >= 11 is 5.50. The molecule has 1 aromatic carbocycles. The fraction of sp³-hybridized carbons (Fsp3) is 0.200. The van der Waals surface area contributed by atoms with Crippen molar-refractivity contribution in [2.45, 2.75) is 6.10 Å². The second kappa shape index (κ2) is 6.18. The van der Waals surface area contributed by atoms with Gasteiger partial charge in [0.2, 0.25) is 0 Å². The van der Waals surface area contributed by atoms with E-state index in [2.05, 4.69) is 10.6 Å². The van der Waals surface area contributed by atoms with Gasteiger partial charge in [-0.2, -0.15) is 0 Å². The lowest BCUT2D eigenvalue weighted by Gasteiger charge is -2.10. The van der Waals surface area contributed by atoms with Crippen LogP contribution in [0.4, 0.5) is 14.9 Å². The van der Waals surface area contributed by atoms with Crippen LogP contribution in [0.1, 0.15) is 0 Å². The third kappa shape index (κ3) is 3.86. The normalized spacial score (nSPS) is 11.7. The molecule has 1 rings (SSSR count). The number of anilines is 1. The average Bonchev–Trinajstić information content (AvgIpc) is 2.32. The van der Waals surface area contributed by atoms with Crippen LogP contribution in [0, 0.1) is 5.82 Å². The Labute approximate surface area is 106 Å². The average molecular weight is 277 g/mol. The number of aliphatic carboxylic acids is 1. The highest BCUT2D eigenvalue weighted by molar-refractivity contribution is 6.31. The molecule has 0 radical (unpaired) electrons. The van der Waals surface area contributed by atoms with E-state index < -0.39 is 30.5 Å². The van der Waals surface area contributed by atoms with Crippen LogP contribution >= 0.6 is 11.6 Å². The van der Waals surface area contributed by atoms with Crippen LogP contribution in [-0.4, -0.2) is 34.9 Å². The molecule has 8 heteroatoms. The van der Waals surface area contributed by atoms with E-state index in [0.29, 0.717) is 0 Å². The number of carboxylic acid groups (broad SMARTS) is 1. The van der Waals surface area contributed by atoms with E-state index in [0.717, 1.165) is 0 Å². The minimum atomic E-state index is -1.72. The van der Waals surface area contributed by atoms with Crippen molar-refractivity contribution in [3.8, 4) is 0 Å². The van der Waals surface area contributed by atoms with Crippen molar-refractivity contribution in [1.82, 2.24) is 5.32 Å². The third-order valence-electron chi connectivity index (χ3n) is 1.94. The zero-order valence-electron chi connectivity index (χ0n) is 8.98. The number of carboxylic acids is 1. The van der Waals surface area contributed by atoms with Crippen molar-refractivity contribution in [2.75, 3.05) is 11.9 Å². The van der Waals surface area contributed by atoms with E-state index in [-0.39, 0.29) is 10.7 Å². The molecule has 0 aliphatic carbocycles. The van der Waals surface area contributed by atoms with Gasteiger partial charge in [0.1, 0.15) is 0 Å². The number of rotatable bonds is 4. The Hall–Kier alpha value is -1.86. The molecule has 1 aromatic rings. The number of hydrogen-bond donors (Lipinski definition) is 4. The van der Waals surface area contributed by atoms with E-state index in [1.54, 1.807) is 0 Å². The summed E-state index contributed by atoms with van der Waals surface area (Å²) in [5, 5.41) is 21.3. The Morgan fingerprint density at radius 2 is 2.11 bits per heavy atom. The topological polar surface area (TPSA) is 98.7 Å². The second-order valence-corrected chi connectivity index (χ2v) is 3.70. The summed E-state index contributed by atoms with van der Waals surface area (Å²) in [5.41, 5.74) is -0.148. The predicted molar refractivity (Wildman–Crippen MR) is 62.1 cm³/mol. The molecule has 0 aromatic heterocycles. The summed E-state index contributed by atoms with van der Waals surface area (Å²) in [7, 11) is 0. The Morgan fingerprint density at radius 1 is 1.44 bits per heavy atom. The Balaban J connectivity index is 2.55. The van der Waals surface area contributed by atoms with Gasteiger partial charge in [0, 0.05) is 0 Å². The van der Waals surface area contributed by atoms with E-state index in [1.165, 1.54) is 18.2 Å². The van der Waals surface area contributed by atoms with Crippen LogP contribution in [0.15, 0.2) is 18.2 Å². The van der Waals surface area contributed by atoms with Gasteiger partial charge < -0.3 is 20.8 Å². The molecule has 6 nitrogen and oxygen atoms in total. The lowest BCUT2D eigenvalue weighted by molar-refractivity contribution is -0.146. The predicted octanol–water partition coefficient (Wildman–Crippen LogP) is 1.05. The molecule has 0 unspecified atom stereocenters. The molecule has 0 heterocycles. The molecule has 98 valence electrons. The maximum absolute atomic E-state index is 13.4. The van der Waals surface area contributed by atoms with Crippen molar-refractivity contribution < 1.29 is 24.2 Å². The van der Waals surface area contributed by atoms with Gasteiger partial charge in [-0.3, -0.25) is 0 Å². The molecular weight excluding hydrogens is 267 g/mol. The second-order valence-electron chi connectivity index (χ2n) is 3.29. The monoisotopic (exact) mass is 276 g/mol. The van der Waals surface area contributed by atoms with Crippen molar-refractivity contribution in [1.29, 1.82) is 0 Å². The fourth-order valence-corrected chi connectivity index (χ4v) is 1.22. The number of aliphatic hydroxyl groups excluding tert-OH is 1. The molecule has 2 amide bonds. The number of carbonyl (C=O) groups is 2. The highest BCUT2D eigenvalue weighted by Crippen LogP contribution is 2.21. The number of halogens is 2. The van der Waals surface area contributed by atoms with E-state index in [4.69, 9.17) is 21.8 Å². The number of nitrogens with one attached hydrogen (secondary N) is 2. The number of amides is 2. The molecule has 0 spiro atoms. The molecule has 18 heavy (non-hydrogen) atoms. The van der Waals surface area contributed by atoms with Crippen LogP contribution in [0.25, 0.3) is 0 Å². The molecule has 0 fully saturated rings. The summed E-state index contributed by atoms with van der Waals surface area (Å²) in [6.45, 7) is -0.497. The van der Waals surface area contributed by atoms with Gasteiger partial charge in [-0.15, -0.1) is 0 Å². The van der Waals surface area contributed by atoms with Crippen LogP contribution in [0.2, 0.25) is 5.02 Å². The molecular formula is C10H10ClFN2O4. The van der Waals surface area contributed by atoms with Gasteiger partial charge in [-0.1, -0.05) is 17.7 Å². The van der Waals surface area contributed by atoms with Gasteiger partial charge in [-0.05, 0) is 12.1 Å². The van der Waals surface area contributed by atoms with Crippen molar-refractivity contribution >= 4 is 29.3 Å². The first-order chi connectivity index (χ1) is 8.41. The summed E-state index contributed by atoms with van der Waals surface area (Å²) in [6.07, 6.45) is -1.72. The highest BCUT2D eigenvalue weighted by atomic mass is 35.5. The lowest BCUT2D eigenvalue weighted by Crippen LogP contribution is -2.38. The number of carbonyl (C=O) groups excluding carboxylic acids is 1. The summed E-state index contributed by atoms with van der Waals surface area (Å²) in [5.74, 6) is -2.27. The lowest BCUT2D eigenvalue weighted by atomic mass is 10.3. The van der Waals surface area contributed by atoms with E-state index in [9.17, 15) is 14.0 Å². The molecule has 0 bridgehead atoms. The minimum absolute atomic E-state index is 0.148. The number of hydrogen-bond acceptors (Lipinski definition) is 3. The first-order valence-corrected chi connectivity index (χ1v) is 5.19. The third-order valence-corrected chi connectivity index (χ3v) is 2.23. The van der Waals surface area contributed by atoms with Gasteiger partial charge in [0.25, 0.3) is 0 Å². The SMILES string of the molecule is O=C(NC[C@H](O)C(=O)O)Nc1cccc(Cl)c1F. The zero-order valence-corrected chi connectivity index (χ0v) is 9.74. The minimum Gasteiger partial charge on any atom is -0.479 e. The number of urea groups is 1. The maximum atomic E-state index is 13.4. The molecule has 1 atom stereocenters. The first kappa shape index (κ1) is 14.2. The molecule has 0 saturated heterocycles. The fourth-order valence-electron chi connectivity index (χ4n) is 1.04. The quantitative estimate of drug-likeness (QED) is 0.660. The molecule has 0 aliphatic heterocycles. The first-order valence-electron chi connectivity index (χ1n) is 4.81. The van der Waals surface area contributed by atoms with Gasteiger partial charge in [-0.25, -0.2) is 14.0 Å². The number of benzene rings is 1. The Morgan fingerprint density at radius 3 is 2.72 bits per heavy atom. The van der Waals surface area contributed by atoms with Crippen LogP contribution in [0.3, 0.4) is 0 Å². The smallest absolute Gasteiger partial charge is 0.334 e. The van der Waals surface area contributed by atoms with E-state index in [1.807, 2.05) is 0 Å². The molecule has 0 saturated carbocycles. The van der Waals surface area contributed by atoms with Crippen LogP contribution < -0.4 is 10.6 Å². The number of aliphatic hydroxyl groups is 1. The summed E-state index contributed by atoms with van der Waals surface area (Å²) in [4.78, 5) is 21.5. The maximum Gasteiger partial charge on any atom is 0.334 e. The zero-order chi connectivity index (χ0) is 13.7. The van der Waals surface area contributed by atoms with Crippen molar-refractivity contribution in [2.24, 2.45) is 0 Å². The van der Waals surface area contributed by atoms with Gasteiger partial charge in [0.15, 0.2) is 11.9 Å². The molecule has 0 aliphatic rings. The van der Waals surface area contributed by atoms with Gasteiger partial charge >= 0.3 is 12.0 Å². The summed E-state index contributed by atoms with van der Waals surface area (Å²) in [6, 6.07) is 3.19. The largest absolute Gasteiger partial charge is 0.479 e. The van der Waals surface area contributed by atoms with Crippen LogP contribution in [0.5, 0.6) is 0 Å². The van der Waals surface area contributed by atoms with E-state index >= 15 is 0 Å².